The summed E-state index contributed by atoms with van der Waals surface area (Å²) >= 11 is 1.14. The molecule has 0 radical (unpaired) electrons. The van der Waals surface area contributed by atoms with E-state index in [1.165, 1.54) is 0 Å². The van der Waals surface area contributed by atoms with Gasteiger partial charge in [0, 0.05) is 12.8 Å². The van der Waals surface area contributed by atoms with Gasteiger partial charge in [-0.05, 0) is 18.6 Å². The van der Waals surface area contributed by atoms with E-state index in [0.717, 1.165) is 23.9 Å². The lowest BCUT2D eigenvalue weighted by atomic mass is 10.2. The molecule has 0 bridgehead atoms. The Labute approximate surface area is 127 Å². The van der Waals surface area contributed by atoms with E-state index in [-0.39, 0.29) is 11.9 Å². The zero-order valence-corrected chi connectivity index (χ0v) is 12.7. The molecule has 2 aromatic rings. The summed E-state index contributed by atoms with van der Waals surface area (Å²) in [5.41, 5.74) is 0.890. The molecule has 2 rings (SSSR count). The van der Waals surface area contributed by atoms with Crippen molar-refractivity contribution in [3.63, 3.8) is 0 Å². The van der Waals surface area contributed by atoms with Gasteiger partial charge >= 0.3 is 5.97 Å². The fourth-order valence-electron chi connectivity index (χ4n) is 1.98. The van der Waals surface area contributed by atoms with Crippen LogP contribution in [0.5, 0.6) is 0 Å². The van der Waals surface area contributed by atoms with Gasteiger partial charge in [-0.25, -0.2) is 0 Å². The molecule has 1 aromatic heterocycles. The number of methoxy groups -OCH3 is 1. The molecule has 0 amide bonds. The van der Waals surface area contributed by atoms with Gasteiger partial charge in [0.1, 0.15) is 6.10 Å². The number of rotatable bonds is 7. The van der Waals surface area contributed by atoms with Crippen LogP contribution >= 0.6 is 11.8 Å². The number of carboxylic acids is 1. The van der Waals surface area contributed by atoms with E-state index in [4.69, 9.17) is 9.84 Å². The summed E-state index contributed by atoms with van der Waals surface area (Å²) in [5.74, 6) is -0.267. The van der Waals surface area contributed by atoms with E-state index in [9.17, 15) is 4.79 Å². The van der Waals surface area contributed by atoms with E-state index in [2.05, 4.69) is 10.2 Å². The van der Waals surface area contributed by atoms with Crippen LogP contribution in [0, 0.1) is 0 Å². The summed E-state index contributed by atoms with van der Waals surface area (Å²) < 4.78 is 7.29. The number of carboxylic acid groups (broad SMARTS) is 1. The number of para-hydroxylation sites is 1. The number of nitrogens with zero attached hydrogens (tertiary/aromatic N) is 3. The maximum atomic E-state index is 10.8. The first-order chi connectivity index (χ1) is 10.2. The SMILES string of the molecule is CCC(OC)c1nnc(SCC(=O)O)n1-c1ccccc1. The molecule has 0 saturated heterocycles. The Bertz CT molecular complexity index is 597. The highest BCUT2D eigenvalue weighted by Crippen LogP contribution is 2.27. The van der Waals surface area contributed by atoms with Crippen molar-refractivity contribution in [2.75, 3.05) is 12.9 Å². The second-order valence-electron chi connectivity index (χ2n) is 4.33. The molecule has 1 N–H and O–H groups in total. The van der Waals surface area contributed by atoms with Gasteiger partial charge in [-0.1, -0.05) is 36.9 Å². The summed E-state index contributed by atoms with van der Waals surface area (Å²) in [6, 6.07) is 9.61. The van der Waals surface area contributed by atoms with Crippen LogP contribution in [0.2, 0.25) is 0 Å². The van der Waals surface area contributed by atoms with Crippen molar-refractivity contribution in [3.05, 3.63) is 36.2 Å². The summed E-state index contributed by atoms with van der Waals surface area (Å²) in [6.45, 7) is 2.00. The maximum Gasteiger partial charge on any atom is 0.313 e. The standard InChI is InChI=1S/C14H17N3O3S/c1-3-11(20-2)13-15-16-14(21-9-12(18)19)17(13)10-7-5-4-6-8-10/h4-8,11H,3,9H2,1-2H3,(H,18,19). The first-order valence-electron chi connectivity index (χ1n) is 6.55. The third kappa shape index (κ3) is 3.62. The Morgan fingerprint density at radius 1 is 1.38 bits per heavy atom. The highest BCUT2D eigenvalue weighted by molar-refractivity contribution is 7.99. The van der Waals surface area contributed by atoms with Crippen LogP contribution in [0.1, 0.15) is 25.3 Å². The number of benzene rings is 1. The molecule has 1 unspecified atom stereocenters. The average Bonchev–Trinajstić information content (AvgIpc) is 2.91. The minimum absolute atomic E-state index is 0.0608. The van der Waals surface area contributed by atoms with Gasteiger partial charge < -0.3 is 9.84 Å². The number of thioether (sulfide) groups is 1. The first-order valence-corrected chi connectivity index (χ1v) is 7.54. The number of carbonyl (C=O) groups is 1. The Morgan fingerprint density at radius 2 is 2.10 bits per heavy atom. The quantitative estimate of drug-likeness (QED) is 0.792. The van der Waals surface area contributed by atoms with Crippen LogP contribution in [-0.4, -0.2) is 38.7 Å². The van der Waals surface area contributed by atoms with Crippen molar-refractivity contribution in [1.82, 2.24) is 14.8 Å². The fourth-order valence-corrected chi connectivity index (χ4v) is 2.66. The second kappa shape index (κ2) is 7.24. The largest absolute Gasteiger partial charge is 0.481 e. The molecule has 0 fully saturated rings. The van der Waals surface area contributed by atoms with Gasteiger partial charge in [0.05, 0.1) is 5.75 Å². The van der Waals surface area contributed by atoms with Crippen molar-refractivity contribution < 1.29 is 14.6 Å². The molecule has 21 heavy (non-hydrogen) atoms. The van der Waals surface area contributed by atoms with Crippen molar-refractivity contribution in [1.29, 1.82) is 0 Å². The summed E-state index contributed by atoms with van der Waals surface area (Å²) in [7, 11) is 1.63. The molecule has 112 valence electrons. The smallest absolute Gasteiger partial charge is 0.313 e. The monoisotopic (exact) mass is 307 g/mol. The molecule has 0 spiro atoms. The summed E-state index contributed by atoms with van der Waals surface area (Å²) in [4.78, 5) is 10.8. The van der Waals surface area contributed by atoms with Gasteiger partial charge in [0.2, 0.25) is 0 Å². The van der Waals surface area contributed by atoms with Crippen LogP contribution in [-0.2, 0) is 9.53 Å². The lowest BCUT2D eigenvalue weighted by molar-refractivity contribution is -0.133. The Balaban J connectivity index is 2.45. The fraction of sp³-hybridized carbons (Fsp3) is 0.357. The lowest BCUT2D eigenvalue weighted by Gasteiger charge is -2.15. The molecular formula is C14H17N3O3S. The number of ether oxygens (including phenoxy) is 1. The van der Waals surface area contributed by atoms with E-state index < -0.39 is 5.97 Å². The van der Waals surface area contributed by atoms with E-state index in [1.807, 2.05) is 41.8 Å². The van der Waals surface area contributed by atoms with Crippen molar-refractivity contribution in [2.24, 2.45) is 0 Å². The zero-order valence-electron chi connectivity index (χ0n) is 11.9. The van der Waals surface area contributed by atoms with Gasteiger partial charge in [-0.2, -0.15) is 0 Å². The molecule has 0 aliphatic carbocycles. The van der Waals surface area contributed by atoms with Gasteiger partial charge in [-0.3, -0.25) is 9.36 Å². The highest BCUT2D eigenvalue weighted by atomic mass is 32.2. The highest BCUT2D eigenvalue weighted by Gasteiger charge is 2.21. The third-order valence-corrected chi connectivity index (χ3v) is 3.85. The molecule has 1 atom stereocenters. The van der Waals surface area contributed by atoms with E-state index in [0.29, 0.717) is 11.0 Å². The number of aliphatic carboxylic acids is 1. The zero-order chi connectivity index (χ0) is 15.2. The maximum absolute atomic E-state index is 10.8. The van der Waals surface area contributed by atoms with Crippen LogP contribution < -0.4 is 0 Å². The first kappa shape index (κ1) is 15.5. The molecule has 7 heteroatoms. The number of hydrogen-bond donors (Lipinski definition) is 1. The summed E-state index contributed by atoms with van der Waals surface area (Å²) in [6.07, 6.45) is 0.572. The van der Waals surface area contributed by atoms with Crippen molar-refractivity contribution in [3.8, 4) is 5.69 Å². The predicted octanol–water partition coefficient (Wildman–Crippen LogP) is 2.54. The van der Waals surface area contributed by atoms with Crippen LogP contribution in [0.15, 0.2) is 35.5 Å². The Hall–Kier alpha value is -1.86. The number of aromatic nitrogens is 3. The molecular weight excluding hydrogens is 290 g/mol. The minimum Gasteiger partial charge on any atom is -0.481 e. The van der Waals surface area contributed by atoms with Crippen molar-refractivity contribution >= 4 is 17.7 Å². The molecule has 1 heterocycles. The Kier molecular flexibility index (Phi) is 5.35. The molecule has 1 aromatic carbocycles. The van der Waals surface area contributed by atoms with E-state index >= 15 is 0 Å². The number of hydrogen-bond acceptors (Lipinski definition) is 5. The van der Waals surface area contributed by atoms with E-state index in [1.54, 1.807) is 7.11 Å². The van der Waals surface area contributed by atoms with Gasteiger partial charge in [0.25, 0.3) is 0 Å². The third-order valence-electron chi connectivity index (χ3n) is 2.94. The molecule has 0 saturated carbocycles. The van der Waals surface area contributed by atoms with Crippen molar-refractivity contribution in [2.45, 2.75) is 24.6 Å². The normalized spacial score (nSPS) is 12.3. The lowest BCUT2D eigenvalue weighted by Crippen LogP contribution is -2.10. The predicted molar refractivity (Wildman–Crippen MR) is 79.8 cm³/mol. The van der Waals surface area contributed by atoms with Crippen LogP contribution in [0.4, 0.5) is 0 Å². The van der Waals surface area contributed by atoms with Crippen LogP contribution in [0.3, 0.4) is 0 Å². The Morgan fingerprint density at radius 3 is 2.67 bits per heavy atom. The second-order valence-corrected chi connectivity index (χ2v) is 5.27. The molecule has 0 aliphatic rings. The minimum atomic E-state index is -0.886. The molecule has 6 nitrogen and oxygen atoms in total. The van der Waals surface area contributed by atoms with Gasteiger partial charge in [0.15, 0.2) is 11.0 Å². The average molecular weight is 307 g/mol. The van der Waals surface area contributed by atoms with Crippen LogP contribution in [0.25, 0.3) is 5.69 Å². The molecule has 0 aliphatic heterocycles. The topological polar surface area (TPSA) is 77.2 Å². The summed E-state index contributed by atoms with van der Waals surface area (Å²) in [5, 5.41) is 17.7. The van der Waals surface area contributed by atoms with Gasteiger partial charge in [-0.15, -0.1) is 10.2 Å².